The van der Waals surface area contributed by atoms with Crippen LogP contribution in [0.1, 0.15) is 56.7 Å². The number of nitrogens with zero attached hydrogens (tertiary/aromatic N) is 1. The van der Waals surface area contributed by atoms with Gasteiger partial charge in [-0.2, -0.15) is 0 Å². The highest BCUT2D eigenvalue weighted by Gasteiger charge is 2.49. The van der Waals surface area contributed by atoms with Crippen LogP contribution in [0.25, 0.3) is 0 Å². The van der Waals surface area contributed by atoms with Gasteiger partial charge in [0, 0.05) is 22.0 Å². The molecule has 0 aromatic heterocycles. The highest BCUT2D eigenvalue weighted by atomic mass is 35.5. The third-order valence-corrected chi connectivity index (χ3v) is 6.25. The summed E-state index contributed by atoms with van der Waals surface area (Å²) in [6.07, 6.45) is 2.92. The minimum Gasteiger partial charge on any atom is -0.332 e. The first kappa shape index (κ1) is 21.9. The topological polar surface area (TPSA) is 20.3 Å². The molecule has 1 aliphatic rings. The van der Waals surface area contributed by atoms with E-state index in [9.17, 15) is 9.18 Å². The van der Waals surface area contributed by atoms with Gasteiger partial charge < -0.3 is 4.90 Å². The molecule has 0 N–H and O–H groups in total. The van der Waals surface area contributed by atoms with Gasteiger partial charge in [-0.15, -0.1) is 6.58 Å². The summed E-state index contributed by atoms with van der Waals surface area (Å²) in [6, 6.07) is 11.9. The molecule has 0 saturated carbocycles. The predicted octanol–water partition coefficient (Wildman–Crippen LogP) is 7.18. The first-order chi connectivity index (χ1) is 13.7. The van der Waals surface area contributed by atoms with Crippen LogP contribution in [0.15, 0.2) is 55.1 Å². The van der Waals surface area contributed by atoms with Crippen LogP contribution in [0.5, 0.6) is 0 Å². The van der Waals surface area contributed by atoms with Crippen molar-refractivity contribution in [1.82, 2.24) is 4.90 Å². The predicted molar refractivity (Wildman–Crippen MR) is 118 cm³/mol. The maximum atomic E-state index is 14.2. The summed E-state index contributed by atoms with van der Waals surface area (Å²) in [6.45, 7) is 9.84. The second-order valence-corrected chi connectivity index (χ2v) is 9.24. The zero-order valence-corrected chi connectivity index (χ0v) is 18.5. The number of carbonyl (C=O) groups is 1. The molecule has 1 aliphatic heterocycles. The van der Waals surface area contributed by atoms with E-state index in [4.69, 9.17) is 23.2 Å². The van der Waals surface area contributed by atoms with Crippen molar-refractivity contribution < 1.29 is 9.18 Å². The molecule has 3 atom stereocenters. The molecule has 0 bridgehead atoms. The Labute approximate surface area is 182 Å². The molecule has 154 valence electrons. The van der Waals surface area contributed by atoms with E-state index < -0.39 is 5.41 Å². The van der Waals surface area contributed by atoms with Crippen molar-refractivity contribution in [3.05, 3.63) is 82.1 Å². The molecule has 0 aliphatic carbocycles. The van der Waals surface area contributed by atoms with E-state index in [1.807, 2.05) is 49.9 Å². The smallest absolute Gasteiger partial charge is 0.229 e. The van der Waals surface area contributed by atoms with Crippen molar-refractivity contribution in [1.29, 1.82) is 0 Å². The number of allylic oxidation sites excluding steroid dienone is 1. The number of amides is 1. The van der Waals surface area contributed by atoms with Crippen LogP contribution >= 0.6 is 23.2 Å². The molecule has 1 heterocycles. The van der Waals surface area contributed by atoms with Crippen LogP contribution in [0, 0.1) is 11.2 Å². The summed E-state index contributed by atoms with van der Waals surface area (Å²) in [5.41, 5.74) is 1.16. The number of halogens is 3. The van der Waals surface area contributed by atoms with Crippen molar-refractivity contribution in [3.8, 4) is 0 Å². The van der Waals surface area contributed by atoms with Gasteiger partial charge in [0.1, 0.15) is 5.82 Å². The molecule has 1 fully saturated rings. The fraction of sp³-hybridized carbons (Fsp3) is 0.375. The standard InChI is InChI=1S/C24H26Cl2FNO/c1-5-10-24(4)14-21(17-11-19(26)13-20(27)12-17)22(28(15(2)3)23(24)29)16-6-8-18(25)9-7-16/h5-9,11-13,15,21-22H,1,10,14H2,2-4H3/t21-,22-,24-/m1/s1. The summed E-state index contributed by atoms with van der Waals surface area (Å²) < 4.78 is 14.2. The molecule has 2 nitrogen and oxygen atoms in total. The lowest BCUT2D eigenvalue weighted by Crippen LogP contribution is -2.54. The number of carbonyl (C=O) groups excluding carboxylic acids is 1. The van der Waals surface area contributed by atoms with Gasteiger partial charge >= 0.3 is 0 Å². The van der Waals surface area contributed by atoms with E-state index in [0.29, 0.717) is 22.9 Å². The average molecular weight is 434 g/mol. The fourth-order valence-corrected chi connectivity index (χ4v) is 4.86. The van der Waals surface area contributed by atoms with Gasteiger partial charge in [0.15, 0.2) is 0 Å². The summed E-state index contributed by atoms with van der Waals surface area (Å²) in [4.78, 5) is 15.5. The zero-order chi connectivity index (χ0) is 21.3. The summed E-state index contributed by atoms with van der Waals surface area (Å²) in [7, 11) is 0. The quantitative estimate of drug-likeness (QED) is 0.457. The molecule has 2 aromatic carbocycles. The van der Waals surface area contributed by atoms with Gasteiger partial charge in [0.05, 0.1) is 11.5 Å². The van der Waals surface area contributed by atoms with Crippen LogP contribution < -0.4 is 0 Å². The summed E-state index contributed by atoms with van der Waals surface area (Å²) in [5, 5.41) is 0.988. The van der Waals surface area contributed by atoms with E-state index >= 15 is 0 Å². The van der Waals surface area contributed by atoms with Gasteiger partial charge in [0.25, 0.3) is 0 Å². The maximum Gasteiger partial charge on any atom is 0.229 e. The van der Waals surface area contributed by atoms with Gasteiger partial charge in [-0.1, -0.05) is 48.3 Å². The van der Waals surface area contributed by atoms with Gasteiger partial charge in [-0.05, 0) is 68.1 Å². The monoisotopic (exact) mass is 433 g/mol. The number of hydrogen-bond donors (Lipinski definition) is 0. The van der Waals surface area contributed by atoms with E-state index in [1.54, 1.807) is 12.1 Å². The van der Waals surface area contributed by atoms with Crippen LogP contribution in [0.2, 0.25) is 10.0 Å². The summed E-state index contributed by atoms with van der Waals surface area (Å²) in [5.74, 6) is -0.402. The van der Waals surface area contributed by atoms with E-state index in [-0.39, 0.29) is 29.7 Å². The molecule has 1 saturated heterocycles. The minimum absolute atomic E-state index is 0.0286. The molecular formula is C24H26Cl2FNO. The van der Waals surface area contributed by atoms with Crippen molar-refractivity contribution >= 4 is 29.1 Å². The van der Waals surface area contributed by atoms with Crippen molar-refractivity contribution in [2.45, 2.75) is 51.6 Å². The second-order valence-electron chi connectivity index (χ2n) is 8.37. The van der Waals surface area contributed by atoms with E-state index in [0.717, 1.165) is 11.1 Å². The normalized spacial score (nSPS) is 24.8. The lowest BCUT2D eigenvalue weighted by Gasteiger charge is -2.51. The van der Waals surface area contributed by atoms with Crippen molar-refractivity contribution in [2.24, 2.45) is 5.41 Å². The van der Waals surface area contributed by atoms with Crippen LogP contribution in [-0.2, 0) is 4.79 Å². The van der Waals surface area contributed by atoms with E-state index in [1.165, 1.54) is 12.1 Å². The fourth-order valence-electron chi connectivity index (χ4n) is 4.50. The number of likely N-dealkylation sites (tertiary alicyclic amines) is 1. The van der Waals surface area contributed by atoms with Crippen molar-refractivity contribution in [2.75, 3.05) is 0 Å². The summed E-state index contributed by atoms with van der Waals surface area (Å²) >= 11 is 12.3. The van der Waals surface area contributed by atoms with E-state index in [2.05, 4.69) is 6.58 Å². The van der Waals surface area contributed by atoms with Gasteiger partial charge in [-0.25, -0.2) is 4.39 Å². The minimum atomic E-state index is -0.613. The number of rotatable bonds is 5. The third-order valence-electron chi connectivity index (χ3n) is 5.78. The molecule has 2 aromatic rings. The molecule has 3 rings (SSSR count). The van der Waals surface area contributed by atoms with Gasteiger partial charge in [-0.3, -0.25) is 4.79 Å². The van der Waals surface area contributed by atoms with Gasteiger partial charge in [0.2, 0.25) is 5.91 Å². The Morgan fingerprint density at radius 2 is 1.83 bits per heavy atom. The Kier molecular flexibility index (Phi) is 6.40. The van der Waals surface area contributed by atoms with Crippen LogP contribution in [0.4, 0.5) is 4.39 Å². The average Bonchev–Trinajstić information content (AvgIpc) is 2.63. The highest BCUT2D eigenvalue weighted by molar-refractivity contribution is 6.30. The lowest BCUT2D eigenvalue weighted by atomic mass is 9.67. The first-order valence-corrected chi connectivity index (χ1v) is 10.6. The number of benzene rings is 2. The Balaban J connectivity index is 2.21. The van der Waals surface area contributed by atoms with Crippen molar-refractivity contribution in [3.63, 3.8) is 0 Å². The molecule has 29 heavy (non-hydrogen) atoms. The molecule has 1 amide bonds. The molecular weight excluding hydrogens is 408 g/mol. The lowest BCUT2D eigenvalue weighted by molar-refractivity contribution is -0.153. The molecule has 0 radical (unpaired) electrons. The Morgan fingerprint density at radius 3 is 2.38 bits per heavy atom. The Morgan fingerprint density at radius 1 is 1.17 bits per heavy atom. The number of hydrogen-bond acceptors (Lipinski definition) is 1. The molecule has 0 spiro atoms. The maximum absolute atomic E-state index is 14.2. The van der Waals surface area contributed by atoms with Crippen LogP contribution in [0.3, 0.4) is 0 Å². The largest absolute Gasteiger partial charge is 0.332 e. The third kappa shape index (κ3) is 4.36. The SMILES string of the molecule is C=CC[C@]1(C)C[C@H](c2cc(F)cc(Cl)c2)[C@@H](c2ccc(Cl)cc2)N(C(C)C)C1=O. The Bertz CT molecular complexity index is 891. The molecule has 0 unspecified atom stereocenters. The zero-order valence-electron chi connectivity index (χ0n) is 17.0. The Hall–Kier alpha value is -1.84. The first-order valence-electron chi connectivity index (χ1n) is 9.81. The number of piperidine rings is 1. The second kappa shape index (κ2) is 8.49. The highest BCUT2D eigenvalue weighted by Crippen LogP contribution is 2.52. The molecule has 5 heteroatoms. The van der Waals surface area contributed by atoms with Crippen LogP contribution in [-0.4, -0.2) is 16.8 Å².